The highest BCUT2D eigenvalue weighted by Crippen LogP contribution is 2.08. The SMILES string of the molecule is Bc1cc(F)c(C(N)=O)c(F)c1. The minimum Gasteiger partial charge on any atom is -0.365 e. The van der Waals surface area contributed by atoms with Crippen molar-refractivity contribution in [2.45, 2.75) is 0 Å². The Kier molecular flexibility index (Phi) is 2.12. The van der Waals surface area contributed by atoms with Gasteiger partial charge in [-0.05, 0) is 12.1 Å². The van der Waals surface area contributed by atoms with E-state index in [1.807, 2.05) is 0 Å². The third-order valence-corrected chi connectivity index (χ3v) is 1.43. The quantitative estimate of drug-likeness (QED) is 0.556. The summed E-state index contributed by atoms with van der Waals surface area (Å²) in [6.45, 7) is 0. The van der Waals surface area contributed by atoms with E-state index in [0.29, 0.717) is 5.46 Å². The molecule has 1 rings (SSSR count). The van der Waals surface area contributed by atoms with Crippen molar-refractivity contribution in [1.82, 2.24) is 0 Å². The molecule has 0 atom stereocenters. The van der Waals surface area contributed by atoms with Gasteiger partial charge >= 0.3 is 0 Å². The van der Waals surface area contributed by atoms with Gasteiger partial charge in [0.1, 0.15) is 25.0 Å². The summed E-state index contributed by atoms with van der Waals surface area (Å²) in [7, 11) is 1.52. The van der Waals surface area contributed by atoms with Crippen LogP contribution in [0.4, 0.5) is 8.78 Å². The Balaban J connectivity index is 3.38. The lowest BCUT2D eigenvalue weighted by atomic mass is 9.94. The molecule has 0 aromatic heterocycles. The van der Waals surface area contributed by atoms with Crippen molar-refractivity contribution >= 4 is 19.2 Å². The van der Waals surface area contributed by atoms with Gasteiger partial charge < -0.3 is 5.73 Å². The molecule has 12 heavy (non-hydrogen) atoms. The summed E-state index contributed by atoms with van der Waals surface area (Å²) in [6, 6.07) is 2.12. The predicted octanol–water partition coefficient (Wildman–Crippen LogP) is -0.678. The van der Waals surface area contributed by atoms with Crippen LogP contribution in [0.2, 0.25) is 0 Å². The maximum absolute atomic E-state index is 12.8. The first-order valence-electron chi connectivity index (χ1n) is 3.28. The van der Waals surface area contributed by atoms with Crippen LogP contribution in [0.1, 0.15) is 10.4 Å². The number of primary amides is 1. The van der Waals surface area contributed by atoms with Gasteiger partial charge in [-0.1, -0.05) is 5.46 Å². The lowest BCUT2D eigenvalue weighted by Crippen LogP contribution is -2.18. The number of halogens is 2. The fourth-order valence-corrected chi connectivity index (χ4v) is 0.935. The molecule has 0 heterocycles. The molecule has 0 radical (unpaired) electrons. The number of benzene rings is 1. The first kappa shape index (κ1) is 8.71. The highest BCUT2D eigenvalue weighted by molar-refractivity contribution is 6.32. The van der Waals surface area contributed by atoms with E-state index in [2.05, 4.69) is 0 Å². The van der Waals surface area contributed by atoms with Gasteiger partial charge in [-0.2, -0.15) is 0 Å². The standard InChI is InChI=1S/C7H6BF2NO/c8-3-1-4(9)6(7(11)12)5(10)2-3/h1-2H,8H2,(H2,11,12). The van der Waals surface area contributed by atoms with Crippen LogP contribution in [-0.2, 0) is 0 Å². The molecule has 0 saturated carbocycles. The van der Waals surface area contributed by atoms with Crippen molar-refractivity contribution in [1.29, 1.82) is 0 Å². The number of carbonyl (C=O) groups is 1. The Morgan fingerprint density at radius 1 is 1.33 bits per heavy atom. The highest BCUT2D eigenvalue weighted by atomic mass is 19.1. The third-order valence-electron chi connectivity index (χ3n) is 1.43. The summed E-state index contributed by atoms with van der Waals surface area (Å²) in [6.07, 6.45) is 0. The van der Waals surface area contributed by atoms with Crippen LogP contribution in [0.15, 0.2) is 12.1 Å². The molecule has 0 spiro atoms. The van der Waals surface area contributed by atoms with E-state index in [4.69, 9.17) is 5.73 Å². The summed E-state index contributed by atoms with van der Waals surface area (Å²) in [5.74, 6) is -2.93. The Hall–Kier alpha value is -1.39. The van der Waals surface area contributed by atoms with Crippen molar-refractivity contribution < 1.29 is 13.6 Å². The van der Waals surface area contributed by atoms with Crippen LogP contribution in [0.25, 0.3) is 0 Å². The zero-order valence-electron chi connectivity index (χ0n) is 6.40. The van der Waals surface area contributed by atoms with E-state index in [1.165, 1.54) is 7.85 Å². The molecule has 62 valence electrons. The average molecular weight is 169 g/mol. The minimum atomic E-state index is -1.09. The molecule has 1 amide bonds. The van der Waals surface area contributed by atoms with E-state index in [0.717, 1.165) is 12.1 Å². The number of amides is 1. The predicted molar refractivity (Wildman–Crippen MR) is 43.1 cm³/mol. The summed E-state index contributed by atoms with van der Waals surface area (Å²) in [5, 5.41) is 0. The van der Waals surface area contributed by atoms with Gasteiger partial charge in [-0.15, -0.1) is 0 Å². The molecule has 2 N–H and O–H groups in total. The topological polar surface area (TPSA) is 43.1 Å². The molecule has 0 bridgehead atoms. The number of nitrogens with two attached hydrogens (primary N) is 1. The third kappa shape index (κ3) is 1.44. The van der Waals surface area contributed by atoms with Crippen molar-refractivity contribution in [3.63, 3.8) is 0 Å². The van der Waals surface area contributed by atoms with Crippen molar-refractivity contribution in [2.24, 2.45) is 5.73 Å². The molecule has 1 aromatic rings. The van der Waals surface area contributed by atoms with E-state index < -0.39 is 23.1 Å². The molecule has 1 aromatic carbocycles. The highest BCUT2D eigenvalue weighted by Gasteiger charge is 2.14. The van der Waals surface area contributed by atoms with Gasteiger partial charge in [-0.25, -0.2) is 8.78 Å². The molecule has 0 aliphatic rings. The first-order chi connectivity index (χ1) is 5.52. The number of rotatable bonds is 1. The summed E-state index contributed by atoms with van der Waals surface area (Å²) in [4.78, 5) is 10.5. The smallest absolute Gasteiger partial charge is 0.254 e. The second-order valence-electron chi connectivity index (χ2n) is 2.47. The maximum Gasteiger partial charge on any atom is 0.254 e. The Labute approximate surface area is 68.8 Å². The Morgan fingerprint density at radius 3 is 2.08 bits per heavy atom. The Morgan fingerprint density at radius 2 is 1.75 bits per heavy atom. The van der Waals surface area contributed by atoms with E-state index in [9.17, 15) is 13.6 Å². The molecule has 0 unspecified atom stereocenters. The van der Waals surface area contributed by atoms with E-state index >= 15 is 0 Å². The Bertz CT molecular complexity index is 317. The van der Waals surface area contributed by atoms with Crippen molar-refractivity contribution in [3.8, 4) is 0 Å². The van der Waals surface area contributed by atoms with E-state index in [1.54, 1.807) is 0 Å². The summed E-state index contributed by atoms with van der Waals surface area (Å²) in [5.41, 5.74) is 4.48. The van der Waals surface area contributed by atoms with Crippen molar-refractivity contribution in [2.75, 3.05) is 0 Å². The van der Waals surface area contributed by atoms with Crippen LogP contribution in [-0.4, -0.2) is 13.8 Å². The molecule has 0 aliphatic heterocycles. The van der Waals surface area contributed by atoms with Crippen LogP contribution in [0.5, 0.6) is 0 Å². The van der Waals surface area contributed by atoms with Gasteiger partial charge in [0, 0.05) is 0 Å². The lowest BCUT2D eigenvalue weighted by Gasteiger charge is -2.01. The minimum absolute atomic E-state index is 0.412. The molecular formula is C7H6BF2NO. The van der Waals surface area contributed by atoms with Gasteiger partial charge in [0.2, 0.25) is 0 Å². The molecule has 2 nitrogen and oxygen atoms in total. The largest absolute Gasteiger partial charge is 0.365 e. The molecule has 0 saturated heterocycles. The van der Waals surface area contributed by atoms with Crippen LogP contribution < -0.4 is 11.2 Å². The summed E-state index contributed by atoms with van der Waals surface area (Å²) < 4.78 is 25.6. The number of hydrogen-bond acceptors (Lipinski definition) is 1. The fraction of sp³-hybridized carbons (Fsp3) is 0. The fourth-order valence-electron chi connectivity index (χ4n) is 0.935. The first-order valence-corrected chi connectivity index (χ1v) is 3.28. The second-order valence-corrected chi connectivity index (χ2v) is 2.47. The molecular weight excluding hydrogens is 163 g/mol. The van der Waals surface area contributed by atoms with Gasteiger partial charge in [0.05, 0.1) is 0 Å². The molecule has 0 aliphatic carbocycles. The second kappa shape index (κ2) is 2.93. The number of hydrogen-bond donors (Lipinski definition) is 1. The maximum atomic E-state index is 12.8. The van der Waals surface area contributed by atoms with Gasteiger partial charge in [-0.3, -0.25) is 4.79 Å². The van der Waals surface area contributed by atoms with Gasteiger partial charge in [0.15, 0.2) is 0 Å². The van der Waals surface area contributed by atoms with E-state index in [-0.39, 0.29) is 0 Å². The average Bonchev–Trinajstić information content (AvgIpc) is 1.82. The van der Waals surface area contributed by atoms with Crippen LogP contribution >= 0.6 is 0 Å². The molecule has 0 fully saturated rings. The lowest BCUT2D eigenvalue weighted by molar-refractivity contribution is 0.0992. The molecule has 5 heteroatoms. The van der Waals surface area contributed by atoms with Gasteiger partial charge in [0.25, 0.3) is 5.91 Å². The van der Waals surface area contributed by atoms with Crippen LogP contribution in [0.3, 0.4) is 0 Å². The van der Waals surface area contributed by atoms with Crippen LogP contribution in [0, 0.1) is 11.6 Å². The van der Waals surface area contributed by atoms with Crippen molar-refractivity contribution in [3.05, 3.63) is 29.3 Å². The normalized spacial score (nSPS) is 9.83. The zero-order chi connectivity index (χ0) is 9.30. The zero-order valence-corrected chi connectivity index (χ0v) is 6.40. The summed E-state index contributed by atoms with van der Waals surface area (Å²) >= 11 is 0. The number of carbonyl (C=O) groups excluding carboxylic acids is 1. The monoisotopic (exact) mass is 169 g/mol.